The third kappa shape index (κ3) is 3.54. The molecule has 2 atom stereocenters. The summed E-state index contributed by atoms with van der Waals surface area (Å²) in [6.07, 6.45) is 3.59. The number of nitrogens with two attached hydrogens (primary N) is 1. The highest BCUT2D eigenvalue weighted by Crippen LogP contribution is 2.26. The molecule has 2 aliphatic rings. The fraction of sp³-hybridized carbons (Fsp3) is 0.562. The van der Waals surface area contributed by atoms with Gasteiger partial charge in [0.05, 0.1) is 12.2 Å². The average molecular weight is 289 g/mol. The highest BCUT2D eigenvalue weighted by atomic mass is 16.5. The van der Waals surface area contributed by atoms with Crippen LogP contribution in [-0.2, 0) is 9.53 Å². The van der Waals surface area contributed by atoms with Crippen molar-refractivity contribution in [2.24, 2.45) is 0 Å². The first kappa shape index (κ1) is 14.4. The van der Waals surface area contributed by atoms with E-state index >= 15 is 0 Å². The maximum absolute atomic E-state index is 12.1. The summed E-state index contributed by atoms with van der Waals surface area (Å²) in [6, 6.07) is 5.57. The normalized spacial score (nSPS) is 25.0. The minimum absolute atomic E-state index is 0.0440. The van der Waals surface area contributed by atoms with E-state index in [0.29, 0.717) is 24.3 Å². The number of fused-ring (bicyclic) bond motifs is 2. The number of rotatable bonds is 4. The molecule has 1 amide bonds. The van der Waals surface area contributed by atoms with E-state index in [1.54, 1.807) is 0 Å². The van der Waals surface area contributed by atoms with Crippen molar-refractivity contribution in [1.29, 1.82) is 0 Å². The summed E-state index contributed by atoms with van der Waals surface area (Å²) in [6.45, 7) is 4.68. The Morgan fingerprint density at radius 3 is 2.81 bits per heavy atom. The molecule has 0 aromatic heterocycles. The van der Waals surface area contributed by atoms with Crippen LogP contribution in [0.2, 0.25) is 0 Å². The van der Waals surface area contributed by atoms with Gasteiger partial charge in [0.15, 0.2) is 0 Å². The van der Waals surface area contributed by atoms with Crippen LogP contribution in [0.4, 0.5) is 11.4 Å². The molecule has 2 fully saturated rings. The number of carbonyl (C=O) groups is 1. The SMILES string of the molecule is Cc1ccc(N)cc1NC(=O)CCN1CC2CCC(C1)O2. The van der Waals surface area contributed by atoms with E-state index in [1.165, 1.54) is 0 Å². The van der Waals surface area contributed by atoms with Gasteiger partial charge in [0, 0.05) is 37.4 Å². The number of ether oxygens (including phenoxy) is 1. The number of carbonyl (C=O) groups excluding carboxylic acids is 1. The van der Waals surface area contributed by atoms with Gasteiger partial charge in [-0.25, -0.2) is 0 Å². The van der Waals surface area contributed by atoms with Crippen LogP contribution in [0, 0.1) is 6.92 Å². The van der Waals surface area contributed by atoms with E-state index in [0.717, 1.165) is 43.7 Å². The first-order valence-electron chi connectivity index (χ1n) is 7.64. The van der Waals surface area contributed by atoms with Crippen LogP contribution in [0.25, 0.3) is 0 Å². The summed E-state index contributed by atoms with van der Waals surface area (Å²) in [5.41, 5.74) is 8.26. The van der Waals surface area contributed by atoms with Gasteiger partial charge in [-0.2, -0.15) is 0 Å². The van der Waals surface area contributed by atoms with E-state index in [-0.39, 0.29) is 5.91 Å². The fourth-order valence-electron chi connectivity index (χ4n) is 3.13. The Hall–Kier alpha value is -1.59. The van der Waals surface area contributed by atoms with E-state index in [2.05, 4.69) is 10.2 Å². The van der Waals surface area contributed by atoms with Crippen LogP contribution in [0.5, 0.6) is 0 Å². The Kier molecular flexibility index (Phi) is 4.12. The summed E-state index contributed by atoms with van der Waals surface area (Å²) in [5, 5.41) is 2.95. The topological polar surface area (TPSA) is 67.6 Å². The molecule has 2 saturated heterocycles. The van der Waals surface area contributed by atoms with Crippen LogP contribution in [0.1, 0.15) is 24.8 Å². The Morgan fingerprint density at radius 2 is 2.10 bits per heavy atom. The number of amides is 1. The highest BCUT2D eigenvalue weighted by molar-refractivity contribution is 5.92. The summed E-state index contributed by atoms with van der Waals surface area (Å²) < 4.78 is 5.80. The molecular formula is C16H23N3O2. The maximum Gasteiger partial charge on any atom is 0.225 e. The van der Waals surface area contributed by atoms with Gasteiger partial charge in [-0.3, -0.25) is 9.69 Å². The molecule has 0 radical (unpaired) electrons. The predicted octanol–water partition coefficient (Wildman–Crippen LogP) is 1.77. The molecule has 1 aromatic rings. The molecule has 2 bridgehead atoms. The summed E-state index contributed by atoms with van der Waals surface area (Å²) in [4.78, 5) is 14.4. The van der Waals surface area contributed by atoms with Crippen molar-refractivity contribution in [3.05, 3.63) is 23.8 Å². The van der Waals surface area contributed by atoms with Gasteiger partial charge < -0.3 is 15.8 Å². The van der Waals surface area contributed by atoms with E-state index in [1.807, 2.05) is 25.1 Å². The molecule has 2 aliphatic heterocycles. The lowest BCUT2D eigenvalue weighted by molar-refractivity contribution is -0.117. The van der Waals surface area contributed by atoms with Crippen molar-refractivity contribution in [2.45, 2.75) is 38.4 Å². The van der Waals surface area contributed by atoms with Gasteiger partial charge in [-0.15, -0.1) is 0 Å². The standard InChI is InChI=1S/C16H23N3O2/c1-11-2-3-12(17)8-15(11)18-16(20)6-7-19-9-13-4-5-14(10-19)21-13/h2-3,8,13-14H,4-7,9-10,17H2,1H3,(H,18,20). The third-order valence-electron chi connectivity index (χ3n) is 4.31. The Balaban J connectivity index is 1.49. The number of nitrogens with one attached hydrogen (secondary N) is 1. The van der Waals surface area contributed by atoms with Gasteiger partial charge in [0.25, 0.3) is 0 Å². The Labute approximate surface area is 125 Å². The second-order valence-electron chi connectivity index (χ2n) is 6.09. The van der Waals surface area contributed by atoms with Crippen LogP contribution in [-0.4, -0.2) is 42.6 Å². The van der Waals surface area contributed by atoms with Crippen LogP contribution in [0.15, 0.2) is 18.2 Å². The van der Waals surface area contributed by atoms with Gasteiger partial charge in [0.2, 0.25) is 5.91 Å². The number of nitrogen functional groups attached to an aromatic ring is 1. The molecular weight excluding hydrogens is 266 g/mol. The number of hydrogen-bond donors (Lipinski definition) is 2. The molecule has 1 aromatic carbocycles. The van der Waals surface area contributed by atoms with Gasteiger partial charge in [-0.1, -0.05) is 6.07 Å². The second-order valence-corrected chi connectivity index (χ2v) is 6.09. The zero-order chi connectivity index (χ0) is 14.8. The van der Waals surface area contributed by atoms with Gasteiger partial charge in [0.1, 0.15) is 0 Å². The van der Waals surface area contributed by atoms with Gasteiger partial charge >= 0.3 is 0 Å². The zero-order valence-corrected chi connectivity index (χ0v) is 12.5. The number of benzene rings is 1. The number of anilines is 2. The minimum atomic E-state index is 0.0440. The number of aryl methyl sites for hydroxylation is 1. The van der Waals surface area contributed by atoms with Crippen molar-refractivity contribution < 1.29 is 9.53 Å². The molecule has 5 heteroatoms. The molecule has 3 rings (SSSR count). The van der Waals surface area contributed by atoms with Crippen molar-refractivity contribution in [1.82, 2.24) is 4.90 Å². The molecule has 0 aliphatic carbocycles. The number of morpholine rings is 1. The van der Waals surface area contributed by atoms with Crippen molar-refractivity contribution >= 4 is 17.3 Å². The molecule has 3 N–H and O–H groups in total. The van der Waals surface area contributed by atoms with Crippen LogP contribution < -0.4 is 11.1 Å². The Morgan fingerprint density at radius 1 is 1.38 bits per heavy atom. The lowest BCUT2D eigenvalue weighted by atomic mass is 10.1. The number of nitrogens with zero attached hydrogens (tertiary/aromatic N) is 1. The van der Waals surface area contributed by atoms with E-state index < -0.39 is 0 Å². The summed E-state index contributed by atoms with van der Waals surface area (Å²) in [7, 11) is 0. The molecule has 114 valence electrons. The van der Waals surface area contributed by atoms with Crippen molar-refractivity contribution in [2.75, 3.05) is 30.7 Å². The summed E-state index contributed by atoms with van der Waals surface area (Å²) in [5.74, 6) is 0.0440. The number of likely N-dealkylation sites (tertiary alicyclic amines) is 1. The molecule has 0 spiro atoms. The zero-order valence-electron chi connectivity index (χ0n) is 12.5. The second kappa shape index (κ2) is 6.03. The molecule has 2 unspecified atom stereocenters. The fourth-order valence-corrected chi connectivity index (χ4v) is 3.13. The first-order valence-corrected chi connectivity index (χ1v) is 7.64. The highest BCUT2D eigenvalue weighted by Gasteiger charge is 2.33. The molecule has 5 nitrogen and oxygen atoms in total. The lowest BCUT2D eigenvalue weighted by Crippen LogP contribution is -2.43. The summed E-state index contributed by atoms with van der Waals surface area (Å²) >= 11 is 0. The van der Waals surface area contributed by atoms with Crippen LogP contribution >= 0.6 is 0 Å². The average Bonchev–Trinajstić information content (AvgIpc) is 2.80. The number of hydrogen-bond acceptors (Lipinski definition) is 4. The molecule has 0 saturated carbocycles. The van der Waals surface area contributed by atoms with E-state index in [4.69, 9.17) is 10.5 Å². The van der Waals surface area contributed by atoms with Crippen LogP contribution in [0.3, 0.4) is 0 Å². The third-order valence-corrected chi connectivity index (χ3v) is 4.31. The molecule has 2 heterocycles. The smallest absolute Gasteiger partial charge is 0.225 e. The maximum atomic E-state index is 12.1. The monoisotopic (exact) mass is 289 g/mol. The largest absolute Gasteiger partial charge is 0.399 e. The first-order chi connectivity index (χ1) is 10.1. The Bertz CT molecular complexity index is 520. The van der Waals surface area contributed by atoms with Crippen molar-refractivity contribution in [3.8, 4) is 0 Å². The van der Waals surface area contributed by atoms with Crippen molar-refractivity contribution in [3.63, 3.8) is 0 Å². The van der Waals surface area contributed by atoms with E-state index in [9.17, 15) is 4.79 Å². The minimum Gasteiger partial charge on any atom is -0.399 e. The quantitative estimate of drug-likeness (QED) is 0.829. The lowest BCUT2D eigenvalue weighted by Gasteiger charge is -2.31. The van der Waals surface area contributed by atoms with Gasteiger partial charge in [-0.05, 0) is 37.5 Å². The molecule has 21 heavy (non-hydrogen) atoms. The predicted molar refractivity (Wildman–Crippen MR) is 83.2 cm³/mol.